The van der Waals surface area contributed by atoms with Gasteiger partial charge in [-0.05, 0) is 30.2 Å². The van der Waals surface area contributed by atoms with Crippen LogP contribution in [0.4, 0.5) is 0 Å². The summed E-state index contributed by atoms with van der Waals surface area (Å²) in [5.74, 6) is 0.770. The Balaban J connectivity index is 1.50. The molecule has 0 aliphatic carbocycles. The number of aromatic nitrogens is 2. The summed E-state index contributed by atoms with van der Waals surface area (Å²) in [7, 11) is 0. The molecule has 0 bridgehead atoms. The fraction of sp³-hybridized carbons (Fsp3) is 0.0833. The third-order valence-corrected chi connectivity index (χ3v) is 5.74. The van der Waals surface area contributed by atoms with Crippen LogP contribution in [0.2, 0.25) is 0 Å². The predicted molar refractivity (Wildman–Crippen MR) is 122 cm³/mol. The Morgan fingerprint density at radius 3 is 2.73 bits per heavy atom. The molecule has 3 heterocycles. The number of para-hydroxylation sites is 1. The standard InChI is InChI=1S/C24H20N4OS/c1-2-7-18(8-3-1)12-13-25-24-28(22(17-30-24)23-11-6-14-29-23)27-16-19-15-26-21-10-5-4-9-20(19)21/h1-11,14-17,26H,12-13H2. The van der Waals surface area contributed by atoms with E-state index >= 15 is 0 Å². The topological polar surface area (TPSA) is 58.6 Å². The summed E-state index contributed by atoms with van der Waals surface area (Å²) in [6, 6.07) is 22.4. The zero-order chi connectivity index (χ0) is 20.2. The maximum absolute atomic E-state index is 5.62. The minimum atomic E-state index is 0.699. The van der Waals surface area contributed by atoms with Crippen molar-refractivity contribution in [1.82, 2.24) is 9.66 Å². The van der Waals surface area contributed by atoms with Gasteiger partial charge in [0.15, 0.2) is 5.76 Å². The van der Waals surface area contributed by atoms with E-state index in [4.69, 9.17) is 14.5 Å². The highest BCUT2D eigenvalue weighted by Gasteiger charge is 2.10. The van der Waals surface area contributed by atoms with Crippen molar-refractivity contribution in [3.63, 3.8) is 0 Å². The Morgan fingerprint density at radius 2 is 1.87 bits per heavy atom. The van der Waals surface area contributed by atoms with Crippen LogP contribution >= 0.6 is 11.3 Å². The Morgan fingerprint density at radius 1 is 1.00 bits per heavy atom. The molecule has 5 rings (SSSR count). The molecule has 6 heteroatoms. The molecule has 5 aromatic rings. The molecule has 0 amide bonds. The van der Waals surface area contributed by atoms with Gasteiger partial charge in [0.05, 0.1) is 12.5 Å². The lowest BCUT2D eigenvalue weighted by atomic mass is 10.2. The maximum Gasteiger partial charge on any atom is 0.206 e. The van der Waals surface area contributed by atoms with E-state index in [1.54, 1.807) is 17.6 Å². The molecule has 0 atom stereocenters. The Bertz CT molecular complexity index is 1340. The largest absolute Gasteiger partial charge is 0.463 e. The van der Waals surface area contributed by atoms with Crippen molar-refractivity contribution in [2.45, 2.75) is 6.42 Å². The average Bonchev–Trinajstić information content (AvgIpc) is 3.53. The van der Waals surface area contributed by atoms with E-state index in [0.717, 1.165) is 39.1 Å². The van der Waals surface area contributed by atoms with Gasteiger partial charge in [-0.3, -0.25) is 4.99 Å². The zero-order valence-electron chi connectivity index (χ0n) is 16.2. The zero-order valence-corrected chi connectivity index (χ0v) is 17.0. The number of aromatic amines is 1. The molecule has 0 fully saturated rings. The molecule has 1 N–H and O–H groups in total. The number of benzene rings is 2. The van der Waals surface area contributed by atoms with Crippen LogP contribution in [0.25, 0.3) is 22.4 Å². The first-order chi connectivity index (χ1) is 14.9. The van der Waals surface area contributed by atoms with Gasteiger partial charge in [0, 0.05) is 34.6 Å². The average molecular weight is 413 g/mol. The van der Waals surface area contributed by atoms with Crippen LogP contribution < -0.4 is 4.80 Å². The van der Waals surface area contributed by atoms with Crippen molar-refractivity contribution in [2.75, 3.05) is 6.54 Å². The molecule has 5 nitrogen and oxygen atoms in total. The molecule has 0 unspecified atom stereocenters. The van der Waals surface area contributed by atoms with Crippen molar-refractivity contribution in [3.05, 3.63) is 100 Å². The van der Waals surface area contributed by atoms with E-state index in [9.17, 15) is 0 Å². The summed E-state index contributed by atoms with van der Waals surface area (Å²) in [5, 5.41) is 7.94. The number of hydrogen-bond acceptors (Lipinski definition) is 4. The lowest BCUT2D eigenvalue weighted by Crippen LogP contribution is -2.13. The van der Waals surface area contributed by atoms with Crippen LogP contribution in [-0.4, -0.2) is 22.4 Å². The Hall–Kier alpha value is -3.64. The molecule has 0 aliphatic rings. The monoisotopic (exact) mass is 412 g/mol. The lowest BCUT2D eigenvalue weighted by molar-refractivity contribution is 0.575. The van der Waals surface area contributed by atoms with Crippen LogP contribution in [0.15, 0.2) is 99.1 Å². The molecular formula is C24H20N4OS. The molecule has 3 aromatic heterocycles. The van der Waals surface area contributed by atoms with Crippen LogP contribution in [0.5, 0.6) is 0 Å². The Labute approximate surface area is 177 Å². The second-order valence-corrected chi connectivity index (χ2v) is 7.68. The normalized spacial score (nSPS) is 12.3. The van der Waals surface area contributed by atoms with Crippen molar-refractivity contribution in [1.29, 1.82) is 0 Å². The van der Waals surface area contributed by atoms with Crippen molar-refractivity contribution >= 4 is 28.5 Å². The van der Waals surface area contributed by atoms with E-state index in [-0.39, 0.29) is 0 Å². The van der Waals surface area contributed by atoms with Gasteiger partial charge >= 0.3 is 0 Å². The third-order valence-electron chi connectivity index (χ3n) is 4.88. The van der Waals surface area contributed by atoms with Gasteiger partial charge in [-0.1, -0.05) is 48.5 Å². The number of furan rings is 1. The molecular weight excluding hydrogens is 392 g/mol. The van der Waals surface area contributed by atoms with Crippen LogP contribution in [0.1, 0.15) is 11.1 Å². The molecule has 0 saturated heterocycles. The smallest absolute Gasteiger partial charge is 0.206 e. The summed E-state index contributed by atoms with van der Waals surface area (Å²) in [4.78, 5) is 8.94. The van der Waals surface area contributed by atoms with Crippen molar-refractivity contribution in [3.8, 4) is 11.5 Å². The number of nitrogens with one attached hydrogen (secondary N) is 1. The van der Waals surface area contributed by atoms with E-state index < -0.39 is 0 Å². The van der Waals surface area contributed by atoms with E-state index in [2.05, 4.69) is 41.4 Å². The number of fused-ring (bicyclic) bond motifs is 1. The van der Waals surface area contributed by atoms with Gasteiger partial charge in [-0.25, -0.2) is 4.68 Å². The van der Waals surface area contributed by atoms with Gasteiger partial charge in [0.2, 0.25) is 4.80 Å². The van der Waals surface area contributed by atoms with Gasteiger partial charge in [0.1, 0.15) is 5.69 Å². The summed E-state index contributed by atoms with van der Waals surface area (Å²) in [6.45, 7) is 0.699. The molecule has 0 radical (unpaired) electrons. The highest BCUT2D eigenvalue weighted by Crippen LogP contribution is 2.21. The second-order valence-electron chi connectivity index (χ2n) is 6.84. The quantitative estimate of drug-likeness (QED) is 0.377. The first-order valence-electron chi connectivity index (χ1n) is 9.78. The summed E-state index contributed by atoms with van der Waals surface area (Å²) in [5.41, 5.74) is 4.29. The molecule has 2 aromatic carbocycles. The minimum absolute atomic E-state index is 0.699. The molecule has 0 aliphatic heterocycles. The first-order valence-corrected chi connectivity index (χ1v) is 10.7. The summed E-state index contributed by atoms with van der Waals surface area (Å²) < 4.78 is 7.48. The molecule has 0 saturated carbocycles. The minimum Gasteiger partial charge on any atom is -0.463 e. The number of nitrogens with zero attached hydrogens (tertiary/aromatic N) is 3. The van der Waals surface area contributed by atoms with Gasteiger partial charge in [0.25, 0.3) is 0 Å². The van der Waals surface area contributed by atoms with Crippen LogP contribution in [0.3, 0.4) is 0 Å². The summed E-state index contributed by atoms with van der Waals surface area (Å²) >= 11 is 1.57. The highest BCUT2D eigenvalue weighted by atomic mass is 32.1. The van der Waals surface area contributed by atoms with Crippen molar-refractivity contribution in [2.24, 2.45) is 10.1 Å². The third kappa shape index (κ3) is 3.77. The number of hydrogen-bond donors (Lipinski definition) is 1. The highest BCUT2D eigenvalue weighted by molar-refractivity contribution is 7.07. The Kier molecular flexibility index (Phi) is 5.14. The summed E-state index contributed by atoms with van der Waals surface area (Å²) in [6.07, 6.45) is 6.40. The van der Waals surface area contributed by atoms with Gasteiger partial charge in [-0.15, -0.1) is 11.3 Å². The van der Waals surface area contributed by atoms with Gasteiger partial charge < -0.3 is 9.40 Å². The predicted octanol–water partition coefficient (Wildman–Crippen LogP) is 5.32. The molecule has 0 spiro atoms. The molecule has 148 valence electrons. The first kappa shape index (κ1) is 18.4. The van der Waals surface area contributed by atoms with Crippen LogP contribution in [0, 0.1) is 0 Å². The number of thiazole rings is 1. The SMILES string of the molecule is C(=Nn1c(-c2ccco2)csc1=NCCc1ccccc1)c1c[nH]c2ccccc12. The van der Waals surface area contributed by atoms with Gasteiger partial charge in [-0.2, -0.15) is 5.10 Å². The lowest BCUT2D eigenvalue weighted by Gasteiger charge is -2.01. The second kappa shape index (κ2) is 8.39. The van der Waals surface area contributed by atoms with E-state index in [1.807, 2.05) is 52.8 Å². The maximum atomic E-state index is 5.62. The number of H-pyrrole nitrogens is 1. The fourth-order valence-electron chi connectivity index (χ4n) is 3.36. The van der Waals surface area contributed by atoms with Crippen LogP contribution in [-0.2, 0) is 6.42 Å². The van der Waals surface area contributed by atoms with E-state index in [1.165, 1.54) is 5.56 Å². The van der Waals surface area contributed by atoms with Crippen molar-refractivity contribution < 1.29 is 4.42 Å². The van der Waals surface area contributed by atoms with E-state index in [0.29, 0.717) is 6.54 Å². The number of rotatable bonds is 6. The molecule has 30 heavy (non-hydrogen) atoms. The fourth-order valence-corrected chi connectivity index (χ4v) is 4.20.